The number of rotatable bonds is 0. The molecular formula is C7H16O. The van der Waals surface area contributed by atoms with E-state index in [0.717, 1.165) is 0 Å². The molecule has 8 heavy (non-hydrogen) atoms. The van der Waals surface area contributed by atoms with E-state index >= 15 is 0 Å². The predicted octanol–water partition coefficient (Wildman–Crippen LogP) is 1.95. The van der Waals surface area contributed by atoms with E-state index in [9.17, 15) is 0 Å². The molecule has 0 aromatic rings. The van der Waals surface area contributed by atoms with Gasteiger partial charge in [0.15, 0.2) is 0 Å². The Labute approximate surface area is 51.7 Å². The van der Waals surface area contributed by atoms with Crippen LogP contribution in [0.2, 0.25) is 0 Å². The molecule has 1 rings (SSSR count). The predicted molar refractivity (Wildman–Crippen MR) is 35.8 cm³/mol. The van der Waals surface area contributed by atoms with Crippen LogP contribution in [0.1, 0.15) is 40.0 Å². The average Bonchev–Trinajstić information content (AvgIpc) is 1.95. The molecule has 50 valence electrons. The maximum atomic E-state index is 8.52. The molecular weight excluding hydrogens is 100 g/mol. The molecule has 0 amide bonds. The molecule has 1 heteroatoms. The standard InChI is InChI=1S/C4H10O.C3H6/c1-4(2,3)5;1-2-3-1/h5H,1-3H3;1-3H2. The van der Waals surface area contributed by atoms with E-state index in [2.05, 4.69) is 0 Å². The van der Waals surface area contributed by atoms with Crippen LogP contribution >= 0.6 is 0 Å². The van der Waals surface area contributed by atoms with E-state index in [1.165, 1.54) is 19.3 Å². The normalized spacial score (nSPS) is 16.5. The first kappa shape index (κ1) is 7.96. The molecule has 1 aliphatic carbocycles. The third-order valence-electron chi connectivity index (χ3n) is 0.354. The summed E-state index contributed by atoms with van der Waals surface area (Å²) < 4.78 is 0. The van der Waals surface area contributed by atoms with Crippen LogP contribution in [0.5, 0.6) is 0 Å². The van der Waals surface area contributed by atoms with Crippen LogP contribution in [0.4, 0.5) is 0 Å². The highest BCUT2D eigenvalue weighted by molar-refractivity contribution is 4.51. The Morgan fingerprint density at radius 3 is 1.12 bits per heavy atom. The largest absolute Gasteiger partial charge is 0.391 e. The minimum atomic E-state index is -0.500. The molecule has 0 aromatic carbocycles. The van der Waals surface area contributed by atoms with E-state index in [4.69, 9.17) is 5.11 Å². The second kappa shape index (κ2) is 3.08. The van der Waals surface area contributed by atoms with Crippen LogP contribution in [0.3, 0.4) is 0 Å². The summed E-state index contributed by atoms with van der Waals surface area (Å²) in [6.07, 6.45) is 4.50. The van der Waals surface area contributed by atoms with Gasteiger partial charge in [-0.2, -0.15) is 0 Å². The molecule has 0 heterocycles. The SMILES string of the molecule is C1CC1.CC(C)(C)O. The van der Waals surface area contributed by atoms with E-state index in [0.29, 0.717) is 0 Å². The van der Waals surface area contributed by atoms with E-state index < -0.39 is 5.60 Å². The van der Waals surface area contributed by atoms with Crippen molar-refractivity contribution in [2.24, 2.45) is 0 Å². The molecule has 0 radical (unpaired) electrons. The third-order valence-corrected chi connectivity index (χ3v) is 0.354. The van der Waals surface area contributed by atoms with Gasteiger partial charge in [-0.3, -0.25) is 0 Å². The van der Waals surface area contributed by atoms with Crippen molar-refractivity contribution in [2.75, 3.05) is 0 Å². The molecule has 0 atom stereocenters. The van der Waals surface area contributed by atoms with Crippen LogP contribution in [-0.2, 0) is 0 Å². The average molecular weight is 116 g/mol. The van der Waals surface area contributed by atoms with Crippen LogP contribution in [-0.4, -0.2) is 10.7 Å². The zero-order valence-electron chi connectivity index (χ0n) is 6.07. The highest BCUT2D eigenvalue weighted by Crippen LogP contribution is 2.14. The molecule has 1 nitrogen and oxygen atoms in total. The van der Waals surface area contributed by atoms with Crippen LogP contribution < -0.4 is 0 Å². The smallest absolute Gasteiger partial charge is 0.0563 e. The summed E-state index contributed by atoms with van der Waals surface area (Å²) in [6, 6.07) is 0. The Morgan fingerprint density at radius 2 is 1.12 bits per heavy atom. The van der Waals surface area contributed by atoms with Gasteiger partial charge in [0.05, 0.1) is 5.60 Å². The summed E-state index contributed by atoms with van der Waals surface area (Å²) in [5, 5.41) is 8.52. The minimum absolute atomic E-state index is 0.500. The first-order chi connectivity index (χ1) is 3.50. The molecule has 1 saturated carbocycles. The fourth-order valence-corrected chi connectivity index (χ4v) is 0. The van der Waals surface area contributed by atoms with Gasteiger partial charge in [0.25, 0.3) is 0 Å². The second-order valence-electron chi connectivity index (χ2n) is 3.23. The van der Waals surface area contributed by atoms with E-state index in [1.54, 1.807) is 20.8 Å². The minimum Gasteiger partial charge on any atom is -0.391 e. The lowest BCUT2D eigenvalue weighted by molar-refractivity contribution is 0.102. The van der Waals surface area contributed by atoms with Crippen molar-refractivity contribution in [1.82, 2.24) is 0 Å². The molecule has 1 aliphatic rings. The van der Waals surface area contributed by atoms with Gasteiger partial charge in [-0.15, -0.1) is 0 Å². The van der Waals surface area contributed by atoms with Gasteiger partial charge in [-0.1, -0.05) is 19.3 Å². The zero-order chi connectivity index (χ0) is 6.62. The summed E-state index contributed by atoms with van der Waals surface area (Å²) in [5.74, 6) is 0. The molecule has 1 fully saturated rings. The second-order valence-corrected chi connectivity index (χ2v) is 3.23. The summed E-state index contributed by atoms with van der Waals surface area (Å²) in [6.45, 7) is 5.23. The quantitative estimate of drug-likeness (QED) is 0.513. The Hall–Kier alpha value is -0.0400. The summed E-state index contributed by atoms with van der Waals surface area (Å²) in [5.41, 5.74) is -0.500. The van der Waals surface area contributed by atoms with Crippen molar-refractivity contribution >= 4 is 0 Å². The van der Waals surface area contributed by atoms with Crippen LogP contribution in [0.25, 0.3) is 0 Å². The van der Waals surface area contributed by atoms with Crippen LogP contribution in [0.15, 0.2) is 0 Å². The van der Waals surface area contributed by atoms with Crippen molar-refractivity contribution in [3.63, 3.8) is 0 Å². The van der Waals surface area contributed by atoms with Gasteiger partial charge in [0.1, 0.15) is 0 Å². The molecule has 0 bridgehead atoms. The van der Waals surface area contributed by atoms with Gasteiger partial charge in [0, 0.05) is 0 Å². The fraction of sp³-hybridized carbons (Fsp3) is 1.00. The first-order valence-electron chi connectivity index (χ1n) is 3.22. The Balaban J connectivity index is 0.000000135. The molecule has 0 aromatic heterocycles. The van der Waals surface area contributed by atoms with Crippen molar-refractivity contribution in [2.45, 2.75) is 45.6 Å². The Kier molecular flexibility index (Phi) is 3.06. The van der Waals surface area contributed by atoms with E-state index in [-0.39, 0.29) is 0 Å². The summed E-state index contributed by atoms with van der Waals surface area (Å²) in [4.78, 5) is 0. The lowest BCUT2D eigenvalue weighted by Crippen LogP contribution is -2.10. The monoisotopic (exact) mass is 116 g/mol. The van der Waals surface area contributed by atoms with E-state index in [1.807, 2.05) is 0 Å². The van der Waals surface area contributed by atoms with Gasteiger partial charge in [-0.25, -0.2) is 0 Å². The fourth-order valence-electron chi connectivity index (χ4n) is 0. The molecule has 1 N–H and O–H groups in total. The lowest BCUT2D eigenvalue weighted by Gasteiger charge is -2.04. The van der Waals surface area contributed by atoms with Crippen LogP contribution in [0, 0.1) is 0 Å². The third kappa shape index (κ3) is 159. The highest BCUT2D eigenvalue weighted by atomic mass is 16.3. The number of aliphatic hydroxyl groups is 1. The zero-order valence-corrected chi connectivity index (χ0v) is 6.07. The highest BCUT2D eigenvalue weighted by Gasteiger charge is 1.97. The van der Waals surface area contributed by atoms with Gasteiger partial charge in [0.2, 0.25) is 0 Å². The molecule has 0 aliphatic heterocycles. The molecule has 0 spiro atoms. The lowest BCUT2D eigenvalue weighted by atomic mass is 10.2. The van der Waals surface area contributed by atoms with Crippen molar-refractivity contribution in [3.05, 3.63) is 0 Å². The van der Waals surface area contributed by atoms with Crippen molar-refractivity contribution in [3.8, 4) is 0 Å². The summed E-state index contributed by atoms with van der Waals surface area (Å²) in [7, 11) is 0. The Bertz CT molecular complexity index is 41.1. The summed E-state index contributed by atoms with van der Waals surface area (Å²) >= 11 is 0. The Morgan fingerprint density at radius 1 is 1.00 bits per heavy atom. The van der Waals surface area contributed by atoms with Gasteiger partial charge >= 0.3 is 0 Å². The molecule has 0 unspecified atom stereocenters. The molecule has 0 saturated heterocycles. The number of hydrogen-bond donors (Lipinski definition) is 1. The van der Waals surface area contributed by atoms with Crippen molar-refractivity contribution < 1.29 is 5.11 Å². The topological polar surface area (TPSA) is 20.2 Å². The first-order valence-corrected chi connectivity index (χ1v) is 3.22. The van der Waals surface area contributed by atoms with Crippen molar-refractivity contribution in [1.29, 1.82) is 0 Å². The number of hydrogen-bond acceptors (Lipinski definition) is 1. The van der Waals surface area contributed by atoms with Gasteiger partial charge < -0.3 is 5.11 Å². The maximum absolute atomic E-state index is 8.52. The van der Waals surface area contributed by atoms with Gasteiger partial charge in [-0.05, 0) is 20.8 Å². The maximum Gasteiger partial charge on any atom is 0.0563 e.